The van der Waals surface area contributed by atoms with Gasteiger partial charge in [0.25, 0.3) is 0 Å². The molecule has 0 aliphatic heterocycles. The zero-order valence-electron chi connectivity index (χ0n) is 9.73. The molecule has 1 aromatic heterocycles. The van der Waals surface area contributed by atoms with Crippen LogP contribution in [0.5, 0.6) is 0 Å². The highest BCUT2D eigenvalue weighted by molar-refractivity contribution is 5.93. The number of pyridine rings is 1. The highest BCUT2D eigenvalue weighted by Gasteiger charge is 2.08. The minimum absolute atomic E-state index is 0.0878. The van der Waals surface area contributed by atoms with Gasteiger partial charge in [-0.3, -0.25) is 0 Å². The molecule has 5 nitrogen and oxygen atoms in total. The van der Waals surface area contributed by atoms with Gasteiger partial charge < -0.3 is 10.1 Å². The zero-order chi connectivity index (χ0) is 12.7. The van der Waals surface area contributed by atoms with Gasteiger partial charge in [-0.05, 0) is 26.0 Å². The van der Waals surface area contributed by atoms with Crippen LogP contribution < -0.4 is 5.32 Å². The van der Waals surface area contributed by atoms with Crippen molar-refractivity contribution in [2.45, 2.75) is 13.8 Å². The predicted molar refractivity (Wildman–Crippen MR) is 62.9 cm³/mol. The van der Waals surface area contributed by atoms with Crippen LogP contribution in [0.4, 0.5) is 5.82 Å². The molecule has 88 valence electrons. The quantitative estimate of drug-likeness (QED) is 0.485. The van der Waals surface area contributed by atoms with Crippen LogP contribution in [0.2, 0.25) is 0 Å². The van der Waals surface area contributed by atoms with E-state index in [0.29, 0.717) is 5.82 Å². The smallest absolute Gasteiger partial charge is 0.350 e. The number of carbonyl (C=O) groups is 1. The summed E-state index contributed by atoms with van der Waals surface area (Å²) in [7, 11) is 0. The van der Waals surface area contributed by atoms with Crippen LogP contribution in [-0.4, -0.2) is 17.6 Å². The molecule has 0 fully saturated rings. The van der Waals surface area contributed by atoms with Crippen molar-refractivity contribution in [3.05, 3.63) is 35.7 Å². The van der Waals surface area contributed by atoms with Crippen LogP contribution in [0, 0.1) is 18.3 Å². The van der Waals surface area contributed by atoms with Gasteiger partial charge in [0.05, 0.1) is 6.61 Å². The second-order valence-corrected chi connectivity index (χ2v) is 3.20. The monoisotopic (exact) mass is 231 g/mol. The van der Waals surface area contributed by atoms with Crippen molar-refractivity contribution in [3.63, 3.8) is 0 Å². The van der Waals surface area contributed by atoms with Crippen LogP contribution >= 0.6 is 0 Å². The summed E-state index contributed by atoms with van der Waals surface area (Å²) in [5.74, 6) is -0.0720. The lowest BCUT2D eigenvalue weighted by Gasteiger charge is -2.02. The summed E-state index contributed by atoms with van der Waals surface area (Å²) in [6, 6.07) is 7.19. The second kappa shape index (κ2) is 6.28. The Hall–Kier alpha value is -2.35. The minimum Gasteiger partial charge on any atom is -0.462 e. The molecule has 0 aromatic carbocycles. The molecule has 0 unspecified atom stereocenters. The summed E-state index contributed by atoms with van der Waals surface area (Å²) < 4.78 is 4.72. The molecule has 0 saturated carbocycles. The maximum Gasteiger partial charge on any atom is 0.350 e. The molecule has 0 aliphatic rings. The van der Waals surface area contributed by atoms with Gasteiger partial charge in [-0.15, -0.1) is 0 Å². The van der Waals surface area contributed by atoms with Crippen molar-refractivity contribution in [3.8, 4) is 6.07 Å². The fourth-order valence-electron chi connectivity index (χ4n) is 1.12. The van der Waals surface area contributed by atoms with Gasteiger partial charge in [-0.25, -0.2) is 9.78 Å². The number of carbonyl (C=O) groups excluding carboxylic acids is 1. The first-order valence-corrected chi connectivity index (χ1v) is 5.15. The van der Waals surface area contributed by atoms with Gasteiger partial charge >= 0.3 is 5.97 Å². The molecule has 5 heteroatoms. The number of nitrogens with one attached hydrogen (secondary N) is 1. The first-order valence-electron chi connectivity index (χ1n) is 5.15. The Balaban J connectivity index is 2.75. The van der Waals surface area contributed by atoms with Gasteiger partial charge in [0.2, 0.25) is 0 Å². The highest BCUT2D eigenvalue weighted by atomic mass is 16.5. The summed E-state index contributed by atoms with van der Waals surface area (Å²) >= 11 is 0. The predicted octanol–water partition coefficient (Wildman–Crippen LogP) is 1.77. The molecule has 0 atom stereocenters. The lowest BCUT2D eigenvalue weighted by atomic mass is 10.3. The topological polar surface area (TPSA) is 75.0 Å². The van der Waals surface area contributed by atoms with Gasteiger partial charge in [0.1, 0.15) is 11.9 Å². The first-order chi connectivity index (χ1) is 8.17. The summed E-state index contributed by atoms with van der Waals surface area (Å²) in [6.45, 7) is 3.77. The third-order valence-electron chi connectivity index (χ3n) is 1.87. The lowest BCUT2D eigenvalue weighted by molar-refractivity contribution is -0.138. The van der Waals surface area contributed by atoms with E-state index in [1.807, 2.05) is 19.1 Å². The number of esters is 1. The fraction of sp³-hybridized carbons (Fsp3) is 0.250. The van der Waals surface area contributed by atoms with Crippen molar-refractivity contribution in [1.82, 2.24) is 4.98 Å². The maximum absolute atomic E-state index is 11.3. The number of rotatable bonds is 4. The summed E-state index contributed by atoms with van der Waals surface area (Å²) in [4.78, 5) is 15.5. The molecular weight excluding hydrogens is 218 g/mol. The highest BCUT2D eigenvalue weighted by Crippen LogP contribution is 2.05. The summed E-state index contributed by atoms with van der Waals surface area (Å²) in [5, 5.41) is 11.6. The second-order valence-electron chi connectivity index (χ2n) is 3.20. The average molecular weight is 231 g/mol. The Morgan fingerprint density at radius 2 is 2.41 bits per heavy atom. The molecule has 0 saturated heterocycles. The van der Waals surface area contributed by atoms with Crippen molar-refractivity contribution >= 4 is 11.8 Å². The number of anilines is 1. The molecule has 0 spiro atoms. The Kier molecular flexibility index (Phi) is 4.70. The van der Waals surface area contributed by atoms with Crippen LogP contribution in [-0.2, 0) is 9.53 Å². The van der Waals surface area contributed by atoms with Crippen molar-refractivity contribution in [2.75, 3.05) is 11.9 Å². The molecule has 1 N–H and O–H groups in total. The Morgan fingerprint density at radius 1 is 1.65 bits per heavy atom. The van der Waals surface area contributed by atoms with E-state index in [1.54, 1.807) is 19.1 Å². The van der Waals surface area contributed by atoms with E-state index in [9.17, 15) is 4.79 Å². The molecule has 0 aliphatic carbocycles. The molecule has 1 rings (SSSR count). The van der Waals surface area contributed by atoms with Crippen LogP contribution in [0.1, 0.15) is 12.6 Å². The third kappa shape index (κ3) is 3.95. The van der Waals surface area contributed by atoms with Crippen LogP contribution in [0.3, 0.4) is 0 Å². The molecule has 0 bridgehead atoms. The van der Waals surface area contributed by atoms with Crippen LogP contribution in [0.25, 0.3) is 0 Å². The Bertz CT molecular complexity index is 475. The van der Waals surface area contributed by atoms with Crippen molar-refractivity contribution in [1.29, 1.82) is 5.26 Å². The average Bonchev–Trinajstić information content (AvgIpc) is 2.30. The number of hydrogen-bond donors (Lipinski definition) is 1. The molecular formula is C12H13N3O2. The summed E-state index contributed by atoms with van der Waals surface area (Å²) in [6.07, 6.45) is 1.29. The van der Waals surface area contributed by atoms with E-state index in [2.05, 4.69) is 10.3 Å². The van der Waals surface area contributed by atoms with E-state index in [-0.39, 0.29) is 12.2 Å². The van der Waals surface area contributed by atoms with E-state index >= 15 is 0 Å². The van der Waals surface area contributed by atoms with Crippen molar-refractivity contribution < 1.29 is 9.53 Å². The van der Waals surface area contributed by atoms with E-state index in [0.717, 1.165) is 5.69 Å². The van der Waals surface area contributed by atoms with Gasteiger partial charge in [0.15, 0.2) is 5.57 Å². The largest absolute Gasteiger partial charge is 0.462 e. The molecule has 1 aromatic rings. The maximum atomic E-state index is 11.3. The summed E-state index contributed by atoms with van der Waals surface area (Å²) in [5.41, 5.74) is 0.758. The zero-order valence-corrected chi connectivity index (χ0v) is 9.73. The molecule has 0 amide bonds. The van der Waals surface area contributed by atoms with E-state index in [1.165, 1.54) is 6.20 Å². The molecule has 1 heterocycles. The first kappa shape index (κ1) is 12.7. The van der Waals surface area contributed by atoms with Gasteiger partial charge in [-0.2, -0.15) is 5.26 Å². The minimum atomic E-state index is -0.643. The number of nitrogens with zero attached hydrogens (tertiary/aromatic N) is 2. The number of nitriles is 1. The fourth-order valence-corrected chi connectivity index (χ4v) is 1.12. The van der Waals surface area contributed by atoms with E-state index in [4.69, 9.17) is 10.00 Å². The van der Waals surface area contributed by atoms with Gasteiger partial charge in [-0.1, -0.05) is 6.07 Å². The van der Waals surface area contributed by atoms with Crippen LogP contribution in [0.15, 0.2) is 30.0 Å². The molecule has 17 heavy (non-hydrogen) atoms. The van der Waals surface area contributed by atoms with Crippen molar-refractivity contribution in [2.24, 2.45) is 0 Å². The molecule has 0 radical (unpaired) electrons. The number of aryl methyl sites for hydroxylation is 1. The SMILES string of the molecule is CCOC(=O)/C(C#N)=C\Nc1cccc(C)n1. The standard InChI is InChI=1S/C12H13N3O2/c1-3-17-12(16)10(7-13)8-14-11-6-4-5-9(2)15-11/h4-6,8H,3H2,1-2H3,(H,14,15)/b10-8-. The van der Waals surface area contributed by atoms with E-state index < -0.39 is 5.97 Å². The number of ether oxygens (including phenoxy) is 1. The number of aromatic nitrogens is 1. The Morgan fingerprint density at radius 3 is 3.00 bits per heavy atom. The lowest BCUT2D eigenvalue weighted by Crippen LogP contribution is -2.08. The normalized spacial score (nSPS) is 10.5. The third-order valence-corrected chi connectivity index (χ3v) is 1.87. The van der Waals surface area contributed by atoms with Gasteiger partial charge in [0, 0.05) is 11.9 Å². The Labute approximate surface area is 99.7 Å². The number of hydrogen-bond acceptors (Lipinski definition) is 5.